The van der Waals surface area contributed by atoms with Crippen molar-refractivity contribution in [3.63, 3.8) is 0 Å². The summed E-state index contributed by atoms with van der Waals surface area (Å²) in [5.41, 5.74) is 8.20. The zero-order chi connectivity index (χ0) is 19.8. The summed E-state index contributed by atoms with van der Waals surface area (Å²) in [5, 5.41) is 0.212. The van der Waals surface area contributed by atoms with Gasteiger partial charge in [-0.2, -0.15) is 25.3 Å². The molecule has 144 valence electrons. The second-order valence-electron chi connectivity index (χ2n) is 9.10. The highest BCUT2D eigenvalue weighted by Gasteiger charge is 2.55. The summed E-state index contributed by atoms with van der Waals surface area (Å²) >= 11 is 10.2. The molecular weight excluding hydrogens is 351 g/mol. The minimum Gasteiger partial charge on any atom is -0.170 e. The Balaban J connectivity index is 2.62. The Kier molecular flexibility index (Phi) is 7.11. The fraction of sp³-hybridized carbons (Fsp3) is 0.652. The van der Waals surface area contributed by atoms with E-state index in [4.69, 9.17) is 25.3 Å². The molecule has 3 heteroatoms. The first-order valence-corrected chi connectivity index (χ1v) is 11.2. The van der Waals surface area contributed by atoms with E-state index in [9.17, 15) is 0 Å². The van der Waals surface area contributed by atoms with Gasteiger partial charge in [-0.15, -0.1) is 0 Å². The van der Waals surface area contributed by atoms with Crippen molar-refractivity contribution in [3.8, 4) is 0 Å². The standard InChI is InChI=1S/C23H37BS2/c1-13(2)18-11-9-8-10-15(5)20(25)19(14(3)4)17(7)22(26)23(18)12-16(6)21(23)24/h16,20-22,25-26H,5,7-12,24H2,1-4,6H3. The monoisotopic (exact) mass is 388 g/mol. The Morgan fingerprint density at radius 1 is 1.04 bits per heavy atom. The molecule has 2 rings (SSSR count). The van der Waals surface area contributed by atoms with Gasteiger partial charge < -0.3 is 0 Å². The molecule has 0 aliphatic heterocycles. The van der Waals surface area contributed by atoms with Crippen LogP contribution in [0.4, 0.5) is 0 Å². The van der Waals surface area contributed by atoms with Crippen molar-refractivity contribution in [3.05, 3.63) is 46.6 Å². The van der Waals surface area contributed by atoms with Gasteiger partial charge in [-0.3, -0.25) is 0 Å². The van der Waals surface area contributed by atoms with Crippen LogP contribution < -0.4 is 0 Å². The number of allylic oxidation sites excluding steroid dienone is 3. The van der Waals surface area contributed by atoms with E-state index in [2.05, 4.69) is 55.6 Å². The van der Waals surface area contributed by atoms with Gasteiger partial charge in [0.05, 0.1) is 0 Å². The molecule has 0 N–H and O–H groups in total. The van der Waals surface area contributed by atoms with Crippen LogP contribution in [0.15, 0.2) is 46.6 Å². The van der Waals surface area contributed by atoms with Crippen LogP contribution in [0.3, 0.4) is 0 Å². The van der Waals surface area contributed by atoms with Gasteiger partial charge in [0.2, 0.25) is 0 Å². The fourth-order valence-electron chi connectivity index (χ4n) is 5.34. The molecule has 5 atom stereocenters. The molecule has 0 aromatic rings. The number of thiol groups is 2. The summed E-state index contributed by atoms with van der Waals surface area (Å²) in [5.74, 6) is 1.38. The molecule has 0 radical (unpaired) electrons. The van der Waals surface area contributed by atoms with E-state index < -0.39 is 0 Å². The SMILES string of the molecule is BC1C(C)CC12C(=C(C)C)CCCCC(=C)C(S)C(=C(C)C)C(=C)C2S. The first kappa shape index (κ1) is 22.0. The minimum atomic E-state index is 0.0697. The van der Waals surface area contributed by atoms with Crippen LogP contribution in [0.25, 0.3) is 0 Å². The first-order valence-electron chi connectivity index (χ1n) is 10.1. The highest BCUT2D eigenvalue weighted by atomic mass is 32.1. The van der Waals surface area contributed by atoms with Gasteiger partial charge in [0.1, 0.15) is 7.85 Å². The third-order valence-electron chi connectivity index (χ3n) is 7.03. The number of hydrogen-bond acceptors (Lipinski definition) is 2. The van der Waals surface area contributed by atoms with Crippen LogP contribution in [-0.4, -0.2) is 18.3 Å². The van der Waals surface area contributed by atoms with Gasteiger partial charge in [-0.05, 0) is 76.9 Å². The minimum absolute atomic E-state index is 0.0697. The molecule has 2 fully saturated rings. The zero-order valence-electron chi connectivity index (χ0n) is 17.7. The van der Waals surface area contributed by atoms with E-state index in [0.717, 1.165) is 17.9 Å². The summed E-state index contributed by atoms with van der Waals surface area (Å²) < 4.78 is 0. The summed E-state index contributed by atoms with van der Waals surface area (Å²) in [4.78, 5) is 0. The van der Waals surface area contributed by atoms with Crippen molar-refractivity contribution in [1.82, 2.24) is 0 Å². The Bertz CT molecular complexity index is 649. The van der Waals surface area contributed by atoms with Crippen LogP contribution in [0.1, 0.15) is 66.7 Å². The molecule has 0 saturated heterocycles. The van der Waals surface area contributed by atoms with E-state index in [1.165, 1.54) is 48.0 Å². The zero-order valence-corrected chi connectivity index (χ0v) is 19.4. The Labute approximate surface area is 173 Å². The van der Waals surface area contributed by atoms with Crippen LogP contribution >= 0.6 is 25.3 Å². The first-order chi connectivity index (χ1) is 12.1. The van der Waals surface area contributed by atoms with Crippen LogP contribution in [-0.2, 0) is 0 Å². The molecule has 2 aliphatic rings. The van der Waals surface area contributed by atoms with E-state index >= 15 is 0 Å². The van der Waals surface area contributed by atoms with E-state index in [1.54, 1.807) is 5.57 Å². The summed E-state index contributed by atoms with van der Waals surface area (Å²) in [6.07, 6.45) is 5.85. The Morgan fingerprint density at radius 2 is 1.62 bits per heavy atom. The lowest BCUT2D eigenvalue weighted by Crippen LogP contribution is -2.51. The maximum atomic E-state index is 5.25. The van der Waals surface area contributed by atoms with Crippen LogP contribution in [0.5, 0.6) is 0 Å². The average Bonchev–Trinajstić information content (AvgIpc) is 2.58. The van der Waals surface area contributed by atoms with Crippen molar-refractivity contribution in [2.75, 3.05) is 0 Å². The van der Waals surface area contributed by atoms with Crippen molar-refractivity contribution in [2.45, 2.75) is 83.0 Å². The molecular formula is C23H37BS2. The Morgan fingerprint density at radius 3 is 2.08 bits per heavy atom. The summed E-state index contributed by atoms with van der Waals surface area (Å²) in [6, 6.07) is 0. The topological polar surface area (TPSA) is 0 Å². The molecule has 0 aromatic heterocycles. The number of hydrogen-bond donors (Lipinski definition) is 2. The van der Waals surface area contributed by atoms with Gasteiger partial charge in [0, 0.05) is 15.9 Å². The normalized spacial score (nSPS) is 36.6. The second kappa shape index (κ2) is 8.39. The molecule has 1 spiro atoms. The van der Waals surface area contributed by atoms with Gasteiger partial charge in [-0.1, -0.05) is 48.2 Å². The second-order valence-corrected chi connectivity index (χ2v) is 10.1. The Hall–Kier alpha value is -0.275. The average molecular weight is 388 g/mol. The highest BCUT2D eigenvalue weighted by Crippen LogP contribution is 2.64. The van der Waals surface area contributed by atoms with Crippen molar-refractivity contribution >= 4 is 33.1 Å². The quantitative estimate of drug-likeness (QED) is 0.268. The van der Waals surface area contributed by atoms with Crippen LogP contribution in [0, 0.1) is 11.3 Å². The lowest BCUT2D eigenvalue weighted by Gasteiger charge is -2.59. The van der Waals surface area contributed by atoms with Crippen molar-refractivity contribution < 1.29 is 0 Å². The lowest BCUT2D eigenvalue weighted by atomic mass is 9.41. The fourth-order valence-corrected chi connectivity index (χ4v) is 6.53. The smallest absolute Gasteiger partial charge is 0.106 e. The predicted molar refractivity (Wildman–Crippen MR) is 128 cm³/mol. The largest absolute Gasteiger partial charge is 0.170 e. The predicted octanol–water partition coefficient (Wildman–Crippen LogP) is 6.39. The molecule has 2 saturated carbocycles. The molecule has 0 nitrogen and oxygen atoms in total. The van der Waals surface area contributed by atoms with Crippen molar-refractivity contribution in [2.24, 2.45) is 11.3 Å². The molecule has 0 aromatic carbocycles. The maximum absolute atomic E-state index is 5.25. The van der Waals surface area contributed by atoms with Crippen LogP contribution in [0.2, 0.25) is 5.82 Å². The summed E-state index contributed by atoms with van der Waals surface area (Å²) in [6.45, 7) is 20.2. The van der Waals surface area contributed by atoms with Gasteiger partial charge >= 0.3 is 0 Å². The van der Waals surface area contributed by atoms with Gasteiger partial charge in [-0.25, -0.2) is 0 Å². The molecule has 0 amide bonds. The molecule has 2 aliphatic carbocycles. The van der Waals surface area contributed by atoms with E-state index in [-0.39, 0.29) is 15.9 Å². The van der Waals surface area contributed by atoms with E-state index in [0.29, 0.717) is 5.82 Å². The maximum Gasteiger partial charge on any atom is 0.106 e. The molecule has 26 heavy (non-hydrogen) atoms. The highest BCUT2D eigenvalue weighted by molar-refractivity contribution is 7.81. The van der Waals surface area contributed by atoms with Gasteiger partial charge in [0.25, 0.3) is 0 Å². The van der Waals surface area contributed by atoms with Gasteiger partial charge in [0.15, 0.2) is 0 Å². The summed E-state index contributed by atoms with van der Waals surface area (Å²) in [7, 11) is 2.42. The molecule has 0 bridgehead atoms. The molecule has 5 unspecified atom stereocenters. The molecule has 0 heterocycles. The van der Waals surface area contributed by atoms with Crippen molar-refractivity contribution in [1.29, 1.82) is 0 Å². The lowest BCUT2D eigenvalue weighted by molar-refractivity contribution is 0.112. The van der Waals surface area contributed by atoms with E-state index in [1.807, 2.05) is 0 Å². The third kappa shape index (κ3) is 3.68. The number of rotatable bonds is 0. The third-order valence-corrected chi connectivity index (χ3v) is 8.42.